The largest absolute Gasteiger partial charge is 0.347 e. The van der Waals surface area contributed by atoms with E-state index in [0.29, 0.717) is 11.4 Å². The fraction of sp³-hybridized carbons (Fsp3) is 0.375. The van der Waals surface area contributed by atoms with E-state index in [0.717, 1.165) is 21.1 Å². The monoisotopic (exact) mass is 373 g/mol. The number of hydrogen-bond donors (Lipinski definition) is 2. The van der Waals surface area contributed by atoms with Crippen LogP contribution in [0.1, 0.15) is 36.2 Å². The molecule has 0 bridgehead atoms. The second-order valence-electron chi connectivity index (χ2n) is 5.43. The molecule has 0 fully saturated rings. The van der Waals surface area contributed by atoms with Gasteiger partial charge in [0.1, 0.15) is 5.01 Å². The average Bonchev–Trinajstić information content (AvgIpc) is 2.81. The number of carbonyl (C=O) groups excluding carboxylic acids is 1. The first kappa shape index (κ1) is 19.9. The smallest absolute Gasteiger partial charge is 0.222 e. The molecule has 0 saturated carbocycles. The molecule has 1 aromatic heterocycles. The molecule has 23 heavy (non-hydrogen) atoms. The minimum absolute atomic E-state index is 0. The van der Waals surface area contributed by atoms with Crippen LogP contribution in [0, 0.1) is 6.92 Å². The zero-order valence-electron chi connectivity index (χ0n) is 13.3. The van der Waals surface area contributed by atoms with Crippen LogP contribution in [0.5, 0.6) is 0 Å². The number of carbonyl (C=O) groups is 1. The van der Waals surface area contributed by atoms with Crippen LogP contribution in [-0.4, -0.2) is 16.9 Å². The molecule has 0 saturated heterocycles. The zero-order valence-corrected chi connectivity index (χ0v) is 15.7. The van der Waals surface area contributed by atoms with Crippen molar-refractivity contribution in [3.05, 3.63) is 39.2 Å². The van der Waals surface area contributed by atoms with Crippen LogP contribution in [0.2, 0.25) is 5.02 Å². The van der Waals surface area contributed by atoms with Gasteiger partial charge in [0, 0.05) is 27.9 Å². The first-order valence-electron chi connectivity index (χ1n) is 7.15. The second-order valence-corrected chi connectivity index (χ2v) is 7.11. The molecule has 126 valence electrons. The third kappa shape index (κ3) is 5.46. The summed E-state index contributed by atoms with van der Waals surface area (Å²) in [5, 5.41) is 4.53. The van der Waals surface area contributed by atoms with E-state index < -0.39 is 0 Å². The molecule has 0 spiro atoms. The second kappa shape index (κ2) is 8.64. The molecule has 0 radical (unpaired) electrons. The Bertz CT molecular complexity index is 656. The highest BCUT2D eigenvalue weighted by molar-refractivity contribution is 7.12. The van der Waals surface area contributed by atoms with Gasteiger partial charge in [-0.05, 0) is 32.9 Å². The van der Waals surface area contributed by atoms with Crippen molar-refractivity contribution in [2.24, 2.45) is 5.73 Å². The summed E-state index contributed by atoms with van der Waals surface area (Å²) in [6.07, 6.45) is 0.318. The topological polar surface area (TPSA) is 68.0 Å². The van der Waals surface area contributed by atoms with Crippen molar-refractivity contribution in [1.29, 1.82) is 0 Å². The van der Waals surface area contributed by atoms with Crippen LogP contribution in [0.25, 0.3) is 11.3 Å². The molecule has 1 aromatic carbocycles. The number of nitrogens with zero attached hydrogens (tertiary/aromatic N) is 1. The number of amides is 1. The lowest BCUT2D eigenvalue weighted by atomic mass is 10.1. The first-order valence-corrected chi connectivity index (χ1v) is 8.34. The molecule has 0 aliphatic heterocycles. The fourth-order valence-electron chi connectivity index (χ4n) is 2.13. The van der Waals surface area contributed by atoms with E-state index in [1.165, 1.54) is 0 Å². The fourth-order valence-corrected chi connectivity index (χ4v) is 3.20. The van der Waals surface area contributed by atoms with E-state index >= 15 is 0 Å². The Kier molecular flexibility index (Phi) is 7.48. The number of hydrogen-bond acceptors (Lipinski definition) is 4. The highest BCUT2D eigenvalue weighted by atomic mass is 35.5. The minimum atomic E-state index is -0.144. The van der Waals surface area contributed by atoms with Gasteiger partial charge >= 0.3 is 0 Å². The van der Waals surface area contributed by atoms with E-state index in [1.54, 1.807) is 11.3 Å². The summed E-state index contributed by atoms with van der Waals surface area (Å²) in [6, 6.07) is 7.33. The standard InChI is InChI=1S/C16H20ClN3OS.ClH/c1-9(18)8-14(21)19-10(2)16-20-15(11(3)22-16)12-4-6-13(17)7-5-12;/h4-7,9-10H,8,18H2,1-3H3,(H,19,21);1H. The van der Waals surface area contributed by atoms with Crippen LogP contribution in [0.3, 0.4) is 0 Å². The van der Waals surface area contributed by atoms with Gasteiger partial charge in [-0.3, -0.25) is 4.79 Å². The van der Waals surface area contributed by atoms with Crippen molar-refractivity contribution in [1.82, 2.24) is 10.3 Å². The highest BCUT2D eigenvalue weighted by Crippen LogP contribution is 2.31. The Morgan fingerprint density at radius 1 is 1.35 bits per heavy atom. The molecule has 1 amide bonds. The van der Waals surface area contributed by atoms with Gasteiger partial charge in [0.15, 0.2) is 0 Å². The normalized spacial score (nSPS) is 13.1. The van der Waals surface area contributed by atoms with Gasteiger partial charge in [-0.2, -0.15) is 0 Å². The molecule has 7 heteroatoms. The van der Waals surface area contributed by atoms with E-state index in [1.807, 2.05) is 45.0 Å². The summed E-state index contributed by atoms with van der Waals surface area (Å²) in [5.41, 5.74) is 7.60. The summed E-state index contributed by atoms with van der Waals surface area (Å²) >= 11 is 7.51. The van der Waals surface area contributed by atoms with Crippen LogP contribution >= 0.6 is 35.3 Å². The van der Waals surface area contributed by atoms with Gasteiger partial charge < -0.3 is 11.1 Å². The maximum atomic E-state index is 11.8. The lowest BCUT2D eigenvalue weighted by Gasteiger charge is -2.12. The molecule has 2 aromatic rings. The molecule has 3 N–H and O–H groups in total. The molecular formula is C16H21Cl2N3OS. The van der Waals surface area contributed by atoms with E-state index in [4.69, 9.17) is 17.3 Å². The van der Waals surface area contributed by atoms with E-state index in [-0.39, 0.29) is 30.4 Å². The summed E-state index contributed by atoms with van der Waals surface area (Å²) < 4.78 is 0. The third-order valence-electron chi connectivity index (χ3n) is 3.19. The highest BCUT2D eigenvalue weighted by Gasteiger charge is 2.17. The predicted molar refractivity (Wildman–Crippen MR) is 99.4 cm³/mol. The molecule has 1 heterocycles. The number of aromatic nitrogens is 1. The Labute approximate surface area is 151 Å². The maximum absolute atomic E-state index is 11.8. The number of rotatable bonds is 5. The quantitative estimate of drug-likeness (QED) is 0.828. The molecule has 0 aliphatic carbocycles. The first-order chi connectivity index (χ1) is 10.4. The number of nitrogens with one attached hydrogen (secondary N) is 1. The van der Waals surface area contributed by atoms with Gasteiger partial charge in [-0.15, -0.1) is 23.7 Å². The summed E-state index contributed by atoms with van der Waals surface area (Å²) in [6.45, 7) is 5.78. The van der Waals surface area contributed by atoms with Gasteiger partial charge in [0.05, 0.1) is 11.7 Å². The lowest BCUT2D eigenvalue weighted by molar-refractivity contribution is -0.122. The number of thiazole rings is 1. The molecule has 4 nitrogen and oxygen atoms in total. The van der Waals surface area contributed by atoms with Crippen molar-refractivity contribution >= 4 is 41.3 Å². The number of halogens is 2. The third-order valence-corrected chi connectivity index (χ3v) is 4.59. The van der Waals surface area contributed by atoms with Crippen LogP contribution in [-0.2, 0) is 4.79 Å². The number of nitrogens with two attached hydrogens (primary N) is 1. The van der Waals surface area contributed by atoms with Crippen LogP contribution in [0.15, 0.2) is 24.3 Å². The molecule has 2 rings (SSSR count). The van der Waals surface area contributed by atoms with Crippen molar-refractivity contribution in [2.75, 3.05) is 0 Å². The Morgan fingerprint density at radius 3 is 2.52 bits per heavy atom. The van der Waals surface area contributed by atoms with Crippen LogP contribution in [0.4, 0.5) is 0 Å². The lowest BCUT2D eigenvalue weighted by Crippen LogP contribution is -2.31. The Balaban J connectivity index is 0.00000264. The Hall–Kier alpha value is -1.14. The summed E-state index contributed by atoms with van der Waals surface area (Å²) in [7, 11) is 0. The summed E-state index contributed by atoms with van der Waals surface area (Å²) in [5.74, 6) is -0.0524. The van der Waals surface area contributed by atoms with Gasteiger partial charge in [0.2, 0.25) is 5.91 Å². The number of aryl methyl sites for hydroxylation is 1. The SMILES string of the molecule is Cc1sc(C(C)NC(=O)CC(C)N)nc1-c1ccc(Cl)cc1.Cl. The molecular weight excluding hydrogens is 353 g/mol. The van der Waals surface area contributed by atoms with Crippen molar-refractivity contribution < 1.29 is 4.79 Å². The maximum Gasteiger partial charge on any atom is 0.222 e. The minimum Gasteiger partial charge on any atom is -0.347 e. The Morgan fingerprint density at radius 2 is 1.96 bits per heavy atom. The summed E-state index contributed by atoms with van der Waals surface area (Å²) in [4.78, 5) is 17.6. The molecule has 2 atom stereocenters. The van der Waals surface area contributed by atoms with Gasteiger partial charge in [0.25, 0.3) is 0 Å². The molecule has 0 aliphatic rings. The van der Waals surface area contributed by atoms with E-state index in [2.05, 4.69) is 10.3 Å². The molecule has 2 unspecified atom stereocenters. The predicted octanol–water partition coefficient (Wildman–Crippen LogP) is 4.11. The van der Waals surface area contributed by atoms with Crippen molar-refractivity contribution in [3.63, 3.8) is 0 Å². The van der Waals surface area contributed by atoms with Crippen molar-refractivity contribution in [3.8, 4) is 11.3 Å². The van der Waals surface area contributed by atoms with Crippen molar-refractivity contribution in [2.45, 2.75) is 39.3 Å². The average molecular weight is 374 g/mol. The van der Waals surface area contributed by atoms with Crippen LogP contribution < -0.4 is 11.1 Å². The van der Waals surface area contributed by atoms with Gasteiger partial charge in [-0.25, -0.2) is 4.98 Å². The number of benzene rings is 1. The van der Waals surface area contributed by atoms with Gasteiger partial charge in [-0.1, -0.05) is 23.7 Å². The van der Waals surface area contributed by atoms with E-state index in [9.17, 15) is 4.79 Å². The zero-order chi connectivity index (χ0) is 16.3.